The number of rotatable bonds is 8. The minimum atomic E-state index is -4.59. The molecule has 218 valence electrons. The number of Topliss-reactive ketones (excluding diaryl/α,β-unsaturated/α-hetero) is 1. The summed E-state index contributed by atoms with van der Waals surface area (Å²) in [5, 5.41) is 0. The topological polar surface area (TPSA) is 87.2 Å². The van der Waals surface area contributed by atoms with Gasteiger partial charge in [0, 0.05) is 41.7 Å². The largest absolute Gasteiger partial charge is 0.497 e. The highest BCUT2D eigenvalue weighted by atomic mass is 19.4. The van der Waals surface area contributed by atoms with Crippen LogP contribution in [0.1, 0.15) is 15.9 Å². The summed E-state index contributed by atoms with van der Waals surface area (Å²) in [5.41, 5.74) is 8.74. The molecule has 0 saturated carbocycles. The molecule has 3 aromatic carbocycles. The van der Waals surface area contributed by atoms with Gasteiger partial charge in [-0.15, -0.1) is 0 Å². The fraction of sp³-hybridized carbons (Fsp3) is 0.121. The number of carbonyl (C=O) groups is 1. The highest BCUT2D eigenvalue weighted by Gasteiger charge is 2.29. The number of hydrogen-bond acceptors (Lipinski definition) is 5. The summed E-state index contributed by atoms with van der Waals surface area (Å²) in [7, 11) is 1.58. The Balaban J connectivity index is 1.43. The van der Waals surface area contributed by atoms with Gasteiger partial charge in [-0.2, -0.15) is 13.2 Å². The van der Waals surface area contributed by atoms with Gasteiger partial charge in [0.05, 0.1) is 12.7 Å². The number of anilines is 1. The van der Waals surface area contributed by atoms with E-state index in [1.54, 1.807) is 37.6 Å². The minimum absolute atomic E-state index is 0.135. The van der Waals surface area contributed by atoms with Crippen molar-refractivity contribution in [2.45, 2.75) is 19.1 Å². The first-order valence-electron chi connectivity index (χ1n) is 13.1. The number of nitrogens with zero attached hydrogens (tertiary/aromatic N) is 2. The zero-order chi connectivity index (χ0) is 30.7. The number of ketones is 1. The molecule has 0 aliphatic carbocycles. The van der Waals surface area contributed by atoms with Crippen LogP contribution in [0.15, 0.2) is 102 Å². The predicted molar refractivity (Wildman–Crippen MR) is 156 cm³/mol. The summed E-state index contributed by atoms with van der Waals surface area (Å²) in [5.74, 6) is -0.227. The first-order valence-corrected chi connectivity index (χ1v) is 13.1. The molecule has 0 amide bonds. The van der Waals surface area contributed by atoms with Gasteiger partial charge >= 0.3 is 6.18 Å². The molecular formula is C33H25F4N3O3. The van der Waals surface area contributed by atoms with Gasteiger partial charge < -0.3 is 15.0 Å². The fourth-order valence-electron chi connectivity index (χ4n) is 4.71. The van der Waals surface area contributed by atoms with E-state index in [0.29, 0.717) is 22.7 Å². The quantitative estimate of drug-likeness (QED) is 0.157. The number of methoxy groups -OCH3 is 1. The summed E-state index contributed by atoms with van der Waals surface area (Å²) in [4.78, 5) is 30.8. The van der Waals surface area contributed by atoms with Gasteiger partial charge in [-0.3, -0.25) is 9.59 Å². The van der Waals surface area contributed by atoms with Gasteiger partial charge in [-0.25, -0.2) is 9.37 Å². The lowest BCUT2D eigenvalue weighted by Crippen LogP contribution is -2.24. The van der Waals surface area contributed by atoms with Crippen LogP contribution in [0.25, 0.3) is 33.4 Å². The van der Waals surface area contributed by atoms with Gasteiger partial charge in [0.1, 0.15) is 23.9 Å². The molecule has 43 heavy (non-hydrogen) atoms. The Bertz CT molecular complexity index is 1850. The van der Waals surface area contributed by atoms with E-state index in [1.165, 1.54) is 12.1 Å². The first-order chi connectivity index (χ1) is 20.5. The van der Waals surface area contributed by atoms with Crippen LogP contribution >= 0.6 is 0 Å². The zero-order valence-corrected chi connectivity index (χ0v) is 22.9. The van der Waals surface area contributed by atoms with Crippen molar-refractivity contribution in [3.8, 4) is 39.1 Å². The molecule has 2 heterocycles. The van der Waals surface area contributed by atoms with E-state index in [4.69, 9.17) is 10.5 Å². The van der Waals surface area contributed by atoms with Gasteiger partial charge in [0.2, 0.25) is 0 Å². The Morgan fingerprint density at radius 2 is 1.56 bits per heavy atom. The number of nitrogen functional groups attached to an aromatic ring is 1. The average Bonchev–Trinajstić information content (AvgIpc) is 2.98. The van der Waals surface area contributed by atoms with Crippen LogP contribution in [0.3, 0.4) is 0 Å². The third kappa shape index (κ3) is 6.81. The number of alkyl halides is 3. The van der Waals surface area contributed by atoms with Gasteiger partial charge in [0.25, 0.3) is 0 Å². The number of halogens is 4. The molecule has 10 heteroatoms. The fourth-order valence-corrected chi connectivity index (χ4v) is 4.71. The van der Waals surface area contributed by atoms with Crippen molar-refractivity contribution in [1.29, 1.82) is 0 Å². The Morgan fingerprint density at radius 3 is 2.23 bits per heavy atom. The number of nitrogens with two attached hydrogens (primary N) is 1. The van der Waals surface area contributed by atoms with Crippen LogP contribution in [0, 0.1) is 5.82 Å². The average molecular weight is 588 g/mol. The molecule has 5 rings (SSSR count). The highest BCUT2D eigenvalue weighted by molar-refractivity contribution is 5.98. The minimum Gasteiger partial charge on any atom is -0.497 e. The molecular weight excluding hydrogens is 562 g/mol. The number of benzene rings is 3. The molecule has 2 aromatic heterocycles. The second-order valence-corrected chi connectivity index (χ2v) is 9.89. The molecule has 0 radical (unpaired) electrons. The van der Waals surface area contributed by atoms with Crippen molar-refractivity contribution in [1.82, 2.24) is 9.55 Å². The molecule has 0 saturated heterocycles. The Morgan fingerprint density at radius 1 is 0.884 bits per heavy atom. The van der Waals surface area contributed by atoms with Crippen LogP contribution in [-0.4, -0.2) is 28.6 Å². The second kappa shape index (κ2) is 11.9. The molecule has 0 atom stereocenters. The molecule has 0 unspecified atom stereocenters. The maximum atomic E-state index is 13.4. The van der Waals surface area contributed by atoms with Gasteiger partial charge in [-0.1, -0.05) is 48.5 Å². The van der Waals surface area contributed by atoms with Crippen LogP contribution in [0.4, 0.5) is 23.4 Å². The van der Waals surface area contributed by atoms with Crippen molar-refractivity contribution >= 4 is 11.6 Å². The maximum Gasteiger partial charge on any atom is 0.406 e. The molecule has 2 N–H and O–H groups in total. The molecule has 5 aromatic rings. The Kier molecular flexibility index (Phi) is 8.11. The van der Waals surface area contributed by atoms with Crippen LogP contribution in [-0.2, 0) is 13.0 Å². The smallest absolute Gasteiger partial charge is 0.406 e. The number of aromatic nitrogens is 2. The van der Waals surface area contributed by atoms with E-state index in [-0.39, 0.29) is 17.5 Å². The summed E-state index contributed by atoms with van der Waals surface area (Å²) in [6, 6.07) is 21.0. The van der Waals surface area contributed by atoms with Crippen molar-refractivity contribution in [2.75, 3.05) is 12.8 Å². The first kappa shape index (κ1) is 29.2. The normalized spacial score (nSPS) is 11.4. The van der Waals surface area contributed by atoms with Crippen molar-refractivity contribution in [3.05, 3.63) is 125 Å². The van der Waals surface area contributed by atoms with Crippen molar-refractivity contribution in [2.24, 2.45) is 0 Å². The molecule has 6 nitrogen and oxygen atoms in total. The van der Waals surface area contributed by atoms with Crippen molar-refractivity contribution in [3.63, 3.8) is 0 Å². The summed E-state index contributed by atoms with van der Waals surface area (Å²) in [6.45, 7) is -1.40. The number of ether oxygens (including phenoxy) is 1. The number of pyridine rings is 2. The van der Waals surface area contributed by atoms with Crippen LogP contribution in [0.2, 0.25) is 0 Å². The molecule has 0 spiro atoms. The molecule has 0 aliphatic heterocycles. The monoisotopic (exact) mass is 587 g/mol. The summed E-state index contributed by atoms with van der Waals surface area (Å²) < 4.78 is 59.1. The Hall–Kier alpha value is -5.25. The van der Waals surface area contributed by atoms with Crippen molar-refractivity contribution < 1.29 is 27.1 Å². The van der Waals surface area contributed by atoms with E-state index in [0.717, 1.165) is 45.8 Å². The Labute approximate surface area is 244 Å². The predicted octanol–water partition coefficient (Wildman–Crippen LogP) is 6.96. The zero-order valence-electron chi connectivity index (χ0n) is 22.9. The lowest BCUT2D eigenvalue weighted by Gasteiger charge is -2.14. The molecule has 0 bridgehead atoms. The summed E-state index contributed by atoms with van der Waals surface area (Å²) in [6.07, 6.45) is -1.23. The third-order valence-electron chi connectivity index (χ3n) is 6.85. The van der Waals surface area contributed by atoms with E-state index in [1.807, 2.05) is 30.3 Å². The van der Waals surface area contributed by atoms with E-state index in [2.05, 4.69) is 4.98 Å². The third-order valence-corrected chi connectivity index (χ3v) is 6.85. The number of carbonyl (C=O) groups excluding carboxylic acids is 1. The van der Waals surface area contributed by atoms with E-state index in [9.17, 15) is 27.2 Å². The van der Waals surface area contributed by atoms with Gasteiger partial charge in [0.15, 0.2) is 11.2 Å². The van der Waals surface area contributed by atoms with Crippen LogP contribution in [0.5, 0.6) is 5.75 Å². The second-order valence-electron chi connectivity index (χ2n) is 9.89. The lowest BCUT2D eigenvalue weighted by molar-refractivity contribution is -0.140. The van der Waals surface area contributed by atoms with Crippen LogP contribution < -0.4 is 15.9 Å². The maximum absolute atomic E-state index is 13.4. The molecule has 0 fully saturated rings. The van der Waals surface area contributed by atoms with Gasteiger partial charge in [-0.05, 0) is 52.6 Å². The number of hydrogen-bond donors (Lipinski definition) is 1. The lowest BCUT2D eigenvalue weighted by atomic mass is 9.97. The highest BCUT2D eigenvalue weighted by Crippen LogP contribution is 2.31. The van der Waals surface area contributed by atoms with E-state index < -0.39 is 35.3 Å². The summed E-state index contributed by atoms with van der Waals surface area (Å²) >= 11 is 0. The molecule has 0 aliphatic rings. The SMILES string of the molecule is COc1cccc(-c2cnc(N)c(-c3ccc(CC(=O)c4cn(CC(F)(F)F)cc(-c5ccc(F)cc5)c4=O)cc3)c2)c1. The standard InChI is InChI=1S/C33H25F4N3O3/c1-43-26-4-2-3-23(14-26)24-15-27(32(38)39-16-24)21-7-5-20(6-8-21)13-30(41)29-18-40(19-33(35,36)37)17-28(31(29)42)22-9-11-25(34)12-10-22/h2-12,14-18H,13,19H2,1H3,(H2,38,39). The van der Waals surface area contributed by atoms with E-state index >= 15 is 0 Å².